The van der Waals surface area contributed by atoms with Crippen LogP contribution in [0, 0.1) is 5.92 Å². The summed E-state index contributed by atoms with van der Waals surface area (Å²) in [5.74, 6) is 0.856. The van der Waals surface area contributed by atoms with Crippen molar-refractivity contribution in [3.8, 4) is 0 Å². The van der Waals surface area contributed by atoms with Crippen molar-refractivity contribution in [1.29, 1.82) is 0 Å². The van der Waals surface area contributed by atoms with Gasteiger partial charge in [-0.05, 0) is 47.1 Å². The molecule has 3 aromatic carbocycles. The molecule has 0 spiro atoms. The molecule has 0 atom stereocenters. The first kappa shape index (κ1) is 23.4. The van der Waals surface area contributed by atoms with Gasteiger partial charge in [0, 0.05) is 11.9 Å². The zero-order chi connectivity index (χ0) is 21.8. The minimum atomic E-state index is 0. The molecule has 4 aromatic rings. The van der Waals surface area contributed by atoms with Crippen molar-refractivity contribution in [1.82, 2.24) is 4.98 Å². The van der Waals surface area contributed by atoms with Gasteiger partial charge in [-0.3, -0.25) is 0 Å². The monoisotopic (exact) mass is 446 g/mol. The molecule has 0 amide bonds. The molecule has 5 N–H and O–H groups in total. The largest absolute Gasteiger partial charge is 0.394 e. The number of pyridine rings is 1. The lowest BCUT2D eigenvalue weighted by atomic mass is 9.91. The minimum Gasteiger partial charge on any atom is -0.394 e. The van der Waals surface area contributed by atoms with Gasteiger partial charge in [-0.1, -0.05) is 80.6 Å². The zero-order valence-corrected chi connectivity index (χ0v) is 19.5. The molecule has 0 aliphatic heterocycles. The van der Waals surface area contributed by atoms with Crippen LogP contribution in [0.25, 0.3) is 10.9 Å². The number of hydrogen-bond acceptors (Lipinski definition) is 4. The minimum absolute atomic E-state index is 0. The fraction of sp³-hybridized carbons (Fsp3) is 0.222. The van der Waals surface area contributed by atoms with E-state index < -0.39 is 0 Å². The van der Waals surface area contributed by atoms with Gasteiger partial charge in [0.15, 0.2) is 0 Å². The normalized spacial score (nSPS) is 10.8. The Balaban J connectivity index is 0.00000289. The van der Waals surface area contributed by atoms with Gasteiger partial charge in [0.05, 0.1) is 16.9 Å². The number of fused-ring (bicyclic) bond motifs is 1. The number of aromatic nitrogens is 1. The number of hydrogen-bond donors (Lipinski definition) is 3. The molecule has 0 fully saturated rings. The van der Waals surface area contributed by atoms with Gasteiger partial charge < -0.3 is 16.8 Å². The van der Waals surface area contributed by atoms with Crippen molar-refractivity contribution >= 4 is 40.5 Å². The number of rotatable bonds is 7. The highest BCUT2D eigenvalue weighted by Crippen LogP contribution is 2.37. The van der Waals surface area contributed by atoms with Crippen LogP contribution in [-0.2, 0) is 12.8 Å². The van der Waals surface area contributed by atoms with E-state index in [2.05, 4.69) is 90.9 Å². The average Bonchev–Trinajstić information content (AvgIpc) is 2.77. The van der Waals surface area contributed by atoms with Gasteiger partial charge >= 0.3 is 0 Å². The first-order valence-corrected chi connectivity index (χ1v) is 10.8. The summed E-state index contributed by atoms with van der Waals surface area (Å²) in [5, 5.41) is 4.64. The molecule has 5 heteroatoms. The third kappa shape index (κ3) is 5.14. The number of benzene rings is 3. The maximum absolute atomic E-state index is 6.45. The number of nitrogens with one attached hydrogen (secondary N) is 1. The second-order valence-electron chi connectivity index (χ2n) is 8.48. The van der Waals surface area contributed by atoms with Crippen molar-refractivity contribution in [2.24, 2.45) is 5.92 Å². The maximum Gasteiger partial charge on any atom is 0.149 e. The van der Waals surface area contributed by atoms with Gasteiger partial charge in [-0.2, -0.15) is 0 Å². The van der Waals surface area contributed by atoms with Crippen LogP contribution in [0.1, 0.15) is 36.1 Å². The predicted molar refractivity (Wildman–Crippen MR) is 140 cm³/mol. The molecule has 0 saturated carbocycles. The van der Waals surface area contributed by atoms with Crippen LogP contribution in [0.2, 0.25) is 0 Å². The number of nitrogens with zero attached hydrogens (tertiary/aromatic N) is 1. The molecule has 0 unspecified atom stereocenters. The summed E-state index contributed by atoms with van der Waals surface area (Å²) in [6.07, 6.45) is 1.66. The van der Waals surface area contributed by atoms with Crippen LogP contribution in [0.5, 0.6) is 0 Å². The van der Waals surface area contributed by atoms with Crippen LogP contribution in [0.4, 0.5) is 17.2 Å². The summed E-state index contributed by atoms with van der Waals surface area (Å²) in [6, 6.07) is 25.4. The SMILES string of the molecule is CC(C)CNc1c(N)c(N)nc2ccc(Cc3ccccc3)c(Cc3ccccc3)c12.Cl. The molecule has 0 bridgehead atoms. The second kappa shape index (κ2) is 10.4. The summed E-state index contributed by atoms with van der Waals surface area (Å²) < 4.78 is 0. The Labute approximate surface area is 196 Å². The van der Waals surface area contributed by atoms with Gasteiger partial charge in [0.25, 0.3) is 0 Å². The topological polar surface area (TPSA) is 77.0 Å². The van der Waals surface area contributed by atoms with Crippen molar-refractivity contribution < 1.29 is 0 Å². The Hall–Kier alpha value is -3.24. The third-order valence-electron chi connectivity index (χ3n) is 5.57. The molecule has 1 heterocycles. The molecule has 0 aliphatic rings. The van der Waals surface area contributed by atoms with E-state index in [1.807, 2.05) is 6.07 Å². The Morgan fingerprint density at radius 2 is 1.41 bits per heavy atom. The van der Waals surface area contributed by atoms with Crippen LogP contribution in [0.3, 0.4) is 0 Å². The van der Waals surface area contributed by atoms with E-state index in [1.54, 1.807) is 0 Å². The standard InChI is InChI=1S/C27H30N4.ClH/c1-18(2)17-30-26-24-22(16-20-11-7-4-8-12-20)21(15-19-9-5-3-6-10-19)13-14-23(24)31-27(29)25(26)28;/h3-14,18H,15-17,28H2,1-2H3,(H3,29,30,31);1H. The number of halogens is 1. The summed E-state index contributed by atoms with van der Waals surface area (Å²) in [5.41, 5.74) is 20.0. The van der Waals surface area contributed by atoms with Gasteiger partial charge in [-0.15, -0.1) is 12.4 Å². The first-order chi connectivity index (χ1) is 15.0. The smallest absolute Gasteiger partial charge is 0.149 e. The van der Waals surface area contributed by atoms with Crippen LogP contribution >= 0.6 is 12.4 Å². The van der Waals surface area contributed by atoms with Gasteiger partial charge in [0.2, 0.25) is 0 Å². The molecular formula is C27H31ClN4. The lowest BCUT2D eigenvalue weighted by Gasteiger charge is -2.20. The lowest BCUT2D eigenvalue weighted by molar-refractivity contribution is 0.689. The predicted octanol–water partition coefficient (Wildman–Crippen LogP) is 6.07. The molecule has 4 rings (SSSR count). The molecule has 1 aromatic heterocycles. The molecule has 166 valence electrons. The van der Waals surface area contributed by atoms with Crippen LogP contribution in [0.15, 0.2) is 72.8 Å². The molecule has 0 radical (unpaired) electrons. The maximum atomic E-state index is 6.45. The Bertz CT molecular complexity index is 1170. The van der Waals surface area contributed by atoms with E-state index in [1.165, 1.54) is 22.3 Å². The van der Waals surface area contributed by atoms with Crippen molar-refractivity contribution in [3.05, 3.63) is 95.1 Å². The highest BCUT2D eigenvalue weighted by molar-refractivity contribution is 6.03. The summed E-state index contributed by atoms with van der Waals surface area (Å²) in [6.45, 7) is 5.18. The van der Waals surface area contributed by atoms with Crippen LogP contribution in [-0.4, -0.2) is 11.5 Å². The summed E-state index contributed by atoms with van der Waals surface area (Å²) >= 11 is 0. The van der Waals surface area contributed by atoms with Crippen molar-refractivity contribution in [3.63, 3.8) is 0 Å². The van der Waals surface area contributed by atoms with Gasteiger partial charge in [-0.25, -0.2) is 4.98 Å². The number of nitrogen functional groups attached to an aromatic ring is 2. The van der Waals surface area contributed by atoms with E-state index in [-0.39, 0.29) is 12.4 Å². The third-order valence-corrected chi connectivity index (χ3v) is 5.57. The summed E-state index contributed by atoms with van der Waals surface area (Å²) in [4.78, 5) is 4.63. The molecule has 0 aliphatic carbocycles. The Kier molecular flexibility index (Phi) is 7.60. The molecular weight excluding hydrogens is 416 g/mol. The van der Waals surface area contributed by atoms with Crippen molar-refractivity contribution in [2.75, 3.05) is 23.3 Å². The van der Waals surface area contributed by atoms with E-state index in [0.29, 0.717) is 17.4 Å². The highest BCUT2D eigenvalue weighted by atomic mass is 35.5. The van der Waals surface area contributed by atoms with E-state index in [9.17, 15) is 0 Å². The highest BCUT2D eigenvalue weighted by Gasteiger charge is 2.18. The van der Waals surface area contributed by atoms with E-state index in [0.717, 1.165) is 36.0 Å². The zero-order valence-electron chi connectivity index (χ0n) is 18.6. The molecule has 32 heavy (non-hydrogen) atoms. The second-order valence-corrected chi connectivity index (χ2v) is 8.48. The van der Waals surface area contributed by atoms with E-state index >= 15 is 0 Å². The summed E-state index contributed by atoms with van der Waals surface area (Å²) in [7, 11) is 0. The fourth-order valence-corrected chi connectivity index (χ4v) is 3.98. The Morgan fingerprint density at radius 3 is 2.00 bits per heavy atom. The number of nitrogens with two attached hydrogens (primary N) is 2. The number of anilines is 3. The first-order valence-electron chi connectivity index (χ1n) is 10.8. The molecule has 0 saturated heterocycles. The quantitative estimate of drug-likeness (QED) is 0.322. The van der Waals surface area contributed by atoms with E-state index in [4.69, 9.17) is 11.5 Å². The van der Waals surface area contributed by atoms with Gasteiger partial charge in [0.1, 0.15) is 5.82 Å². The Morgan fingerprint density at radius 1 is 0.812 bits per heavy atom. The fourth-order valence-electron chi connectivity index (χ4n) is 3.98. The van der Waals surface area contributed by atoms with Crippen molar-refractivity contribution in [2.45, 2.75) is 26.7 Å². The average molecular weight is 447 g/mol. The van der Waals surface area contributed by atoms with Crippen LogP contribution < -0.4 is 16.8 Å². The molecule has 4 nitrogen and oxygen atoms in total. The lowest BCUT2D eigenvalue weighted by Crippen LogP contribution is -2.13.